The van der Waals surface area contributed by atoms with Crippen molar-refractivity contribution in [3.8, 4) is 5.75 Å². The first kappa shape index (κ1) is 19.6. The highest BCUT2D eigenvalue weighted by molar-refractivity contribution is 6.13. The topological polar surface area (TPSA) is 97.4 Å². The van der Waals surface area contributed by atoms with Crippen LogP contribution in [0.25, 0.3) is 0 Å². The maximum Gasteiger partial charge on any atom is 0.167 e. The average molecular weight is 399 g/mol. The van der Waals surface area contributed by atoms with Crippen LogP contribution in [0.15, 0.2) is 24.5 Å². The van der Waals surface area contributed by atoms with Gasteiger partial charge in [-0.2, -0.15) is 0 Å². The summed E-state index contributed by atoms with van der Waals surface area (Å²) in [4.78, 5) is 10.7. The van der Waals surface area contributed by atoms with Crippen LogP contribution in [0.4, 0.5) is 15.9 Å². The van der Waals surface area contributed by atoms with Crippen LogP contribution in [0.5, 0.6) is 5.75 Å². The van der Waals surface area contributed by atoms with Crippen LogP contribution in [0.3, 0.4) is 0 Å². The molecule has 7 nitrogen and oxygen atoms in total. The highest BCUT2D eigenvalue weighted by Crippen LogP contribution is 2.41. The van der Waals surface area contributed by atoms with E-state index in [4.69, 9.17) is 20.6 Å². The lowest BCUT2D eigenvalue weighted by Crippen LogP contribution is -2.45. The van der Waals surface area contributed by atoms with Crippen LogP contribution in [-0.2, 0) is 4.74 Å². The summed E-state index contributed by atoms with van der Waals surface area (Å²) >= 11 is 0. The molecule has 1 saturated carbocycles. The number of benzene rings is 1. The van der Waals surface area contributed by atoms with Gasteiger partial charge in [0.1, 0.15) is 17.7 Å². The number of ether oxygens (including phenoxy) is 2. The summed E-state index contributed by atoms with van der Waals surface area (Å²) in [7, 11) is 0. The Bertz CT molecular complexity index is 937. The van der Waals surface area contributed by atoms with E-state index in [2.05, 4.69) is 14.9 Å². The van der Waals surface area contributed by atoms with Gasteiger partial charge in [-0.05, 0) is 39.7 Å². The molecular weight excluding hydrogens is 373 g/mol. The van der Waals surface area contributed by atoms with Gasteiger partial charge in [0, 0.05) is 36.5 Å². The van der Waals surface area contributed by atoms with Gasteiger partial charge in [0.25, 0.3) is 0 Å². The summed E-state index contributed by atoms with van der Waals surface area (Å²) < 4.78 is 25.9. The molecule has 1 aliphatic carbocycles. The number of anilines is 2. The van der Waals surface area contributed by atoms with Crippen molar-refractivity contribution in [3.05, 3.63) is 41.6 Å². The smallest absolute Gasteiger partial charge is 0.167 e. The predicted octanol–water partition coefficient (Wildman–Crippen LogP) is 3.16. The molecule has 154 valence electrons. The quantitative estimate of drug-likeness (QED) is 0.592. The van der Waals surface area contributed by atoms with E-state index in [0.29, 0.717) is 24.3 Å². The van der Waals surface area contributed by atoms with Crippen molar-refractivity contribution in [1.82, 2.24) is 9.97 Å². The van der Waals surface area contributed by atoms with Crippen LogP contribution >= 0.6 is 0 Å². The van der Waals surface area contributed by atoms with Gasteiger partial charge in [-0.1, -0.05) is 0 Å². The van der Waals surface area contributed by atoms with E-state index in [1.165, 1.54) is 18.5 Å². The Hall–Kier alpha value is -2.74. The average Bonchev–Trinajstić information content (AvgIpc) is 3.40. The first-order valence-corrected chi connectivity index (χ1v) is 9.84. The molecule has 4 rings (SSSR count). The number of nitrogens with zero attached hydrogens (tertiary/aromatic N) is 3. The lowest BCUT2D eigenvalue weighted by Gasteiger charge is -2.36. The van der Waals surface area contributed by atoms with E-state index in [9.17, 15) is 4.39 Å². The van der Waals surface area contributed by atoms with Crippen molar-refractivity contribution >= 4 is 17.2 Å². The molecular formula is C21H26FN5O2. The van der Waals surface area contributed by atoms with Gasteiger partial charge in [-0.25, -0.2) is 14.4 Å². The molecule has 1 aliphatic heterocycles. The molecule has 2 heterocycles. The molecule has 0 spiro atoms. The third kappa shape index (κ3) is 4.17. The van der Waals surface area contributed by atoms with Crippen LogP contribution in [-0.4, -0.2) is 46.6 Å². The maximum absolute atomic E-state index is 14.3. The van der Waals surface area contributed by atoms with Gasteiger partial charge >= 0.3 is 0 Å². The molecule has 1 aromatic carbocycles. The van der Waals surface area contributed by atoms with Crippen molar-refractivity contribution < 1.29 is 13.9 Å². The number of halogens is 1. The number of rotatable bonds is 5. The van der Waals surface area contributed by atoms with E-state index in [-0.39, 0.29) is 35.0 Å². The Kier molecular flexibility index (Phi) is 4.90. The fourth-order valence-corrected chi connectivity index (χ4v) is 3.57. The number of nitrogen functional groups attached to an aromatic ring is 1. The zero-order valence-electron chi connectivity index (χ0n) is 16.9. The molecule has 2 atom stereocenters. The monoisotopic (exact) mass is 399 g/mol. The van der Waals surface area contributed by atoms with E-state index in [0.717, 1.165) is 18.7 Å². The van der Waals surface area contributed by atoms with Gasteiger partial charge in [0.15, 0.2) is 11.6 Å². The SMILES string of the molecule is CC1CN(c2cc(C(=N)c3cc(OC4(C)CC4)c(F)cc3N)ncn2)CC(C)O1. The number of morpholine rings is 1. The fraction of sp³-hybridized carbons (Fsp3) is 0.476. The Labute approximate surface area is 169 Å². The summed E-state index contributed by atoms with van der Waals surface area (Å²) in [6.07, 6.45) is 3.39. The Balaban J connectivity index is 1.62. The fourth-order valence-electron chi connectivity index (χ4n) is 3.57. The van der Waals surface area contributed by atoms with Gasteiger partial charge in [0.2, 0.25) is 0 Å². The molecule has 3 N–H and O–H groups in total. The number of aromatic nitrogens is 2. The lowest BCUT2D eigenvalue weighted by atomic mass is 10.0. The molecule has 2 aromatic rings. The highest BCUT2D eigenvalue weighted by Gasteiger charge is 2.40. The molecule has 1 saturated heterocycles. The summed E-state index contributed by atoms with van der Waals surface area (Å²) in [6.45, 7) is 7.41. The molecule has 8 heteroatoms. The normalized spacial score (nSPS) is 23.0. The highest BCUT2D eigenvalue weighted by atomic mass is 19.1. The van der Waals surface area contributed by atoms with Gasteiger partial charge in [0.05, 0.1) is 23.6 Å². The van der Waals surface area contributed by atoms with Gasteiger partial charge in [-0.15, -0.1) is 0 Å². The minimum atomic E-state index is -0.521. The molecule has 2 fully saturated rings. The molecule has 2 aliphatic rings. The van der Waals surface area contributed by atoms with E-state index in [1.807, 2.05) is 20.8 Å². The van der Waals surface area contributed by atoms with Crippen LogP contribution < -0.4 is 15.4 Å². The second kappa shape index (κ2) is 7.26. The van der Waals surface area contributed by atoms with Crippen molar-refractivity contribution in [2.75, 3.05) is 23.7 Å². The predicted molar refractivity (Wildman–Crippen MR) is 109 cm³/mol. The van der Waals surface area contributed by atoms with E-state index in [1.54, 1.807) is 6.07 Å². The number of hydrogen-bond acceptors (Lipinski definition) is 7. The Morgan fingerprint density at radius 3 is 2.59 bits per heavy atom. The van der Waals surface area contributed by atoms with Crippen LogP contribution in [0.2, 0.25) is 0 Å². The van der Waals surface area contributed by atoms with Crippen molar-refractivity contribution in [1.29, 1.82) is 5.41 Å². The lowest BCUT2D eigenvalue weighted by molar-refractivity contribution is -0.00546. The standard InChI is InChI=1S/C21H26FN5O2/c1-12-9-27(10-13(2)28-12)19-8-17(25-11-26-19)20(24)14-6-18(15(22)7-16(14)23)29-21(3)4-5-21/h6-8,11-13,24H,4-5,9-10,23H2,1-3H3. The minimum absolute atomic E-state index is 0.0906. The van der Waals surface area contributed by atoms with Crippen LogP contribution in [0, 0.1) is 11.2 Å². The summed E-state index contributed by atoms with van der Waals surface area (Å²) in [6, 6.07) is 4.47. The third-order valence-corrected chi connectivity index (χ3v) is 5.34. The third-order valence-electron chi connectivity index (χ3n) is 5.34. The minimum Gasteiger partial charge on any atom is -0.484 e. The zero-order chi connectivity index (χ0) is 20.8. The summed E-state index contributed by atoms with van der Waals surface area (Å²) in [5.41, 5.74) is 6.77. The number of nitrogens with two attached hydrogens (primary N) is 1. The van der Waals surface area contributed by atoms with Crippen molar-refractivity contribution in [2.24, 2.45) is 0 Å². The first-order valence-electron chi connectivity index (χ1n) is 9.84. The Morgan fingerprint density at radius 1 is 1.24 bits per heavy atom. The largest absolute Gasteiger partial charge is 0.484 e. The number of nitrogens with one attached hydrogen (secondary N) is 1. The molecule has 29 heavy (non-hydrogen) atoms. The summed E-state index contributed by atoms with van der Waals surface area (Å²) in [5.74, 6) is 0.320. The van der Waals surface area contributed by atoms with E-state index < -0.39 is 5.82 Å². The van der Waals surface area contributed by atoms with Crippen molar-refractivity contribution in [2.45, 2.75) is 51.4 Å². The molecule has 2 unspecified atom stereocenters. The second-order valence-corrected chi connectivity index (χ2v) is 8.22. The Morgan fingerprint density at radius 2 is 1.93 bits per heavy atom. The summed E-state index contributed by atoms with van der Waals surface area (Å²) in [5, 5.41) is 8.62. The number of hydrogen-bond donors (Lipinski definition) is 2. The van der Waals surface area contributed by atoms with E-state index >= 15 is 0 Å². The molecule has 0 amide bonds. The molecule has 0 radical (unpaired) electrons. The zero-order valence-corrected chi connectivity index (χ0v) is 16.9. The molecule has 0 bridgehead atoms. The second-order valence-electron chi connectivity index (χ2n) is 8.22. The maximum atomic E-state index is 14.3. The van der Waals surface area contributed by atoms with Crippen LogP contribution in [0.1, 0.15) is 44.9 Å². The first-order chi connectivity index (χ1) is 13.7. The van der Waals surface area contributed by atoms with Crippen molar-refractivity contribution in [3.63, 3.8) is 0 Å². The van der Waals surface area contributed by atoms with Gasteiger partial charge < -0.3 is 20.1 Å². The van der Waals surface area contributed by atoms with Gasteiger partial charge in [-0.3, -0.25) is 5.41 Å². The molecule has 1 aromatic heterocycles.